The molecule has 2 amide bonds. The maximum absolute atomic E-state index is 12.7. The summed E-state index contributed by atoms with van der Waals surface area (Å²) >= 11 is 0. The van der Waals surface area contributed by atoms with Gasteiger partial charge in [-0.1, -0.05) is 19.1 Å². The Morgan fingerprint density at radius 3 is 2.30 bits per heavy atom. The first-order valence-electron chi connectivity index (χ1n) is 12.2. The molecule has 3 aliphatic rings. The number of carbonyl (C=O) groups is 2. The fourth-order valence-electron chi connectivity index (χ4n) is 4.59. The van der Waals surface area contributed by atoms with Crippen LogP contribution in [0.3, 0.4) is 0 Å². The van der Waals surface area contributed by atoms with E-state index in [1.807, 2.05) is 11.8 Å². The maximum Gasteiger partial charge on any atom is 0.416 e. The van der Waals surface area contributed by atoms with Crippen molar-refractivity contribution >= 4 is 22.5 Å². The Hall–Kier alpha value is -2.69. The van der Waals surface area contributed by atoms with E-state index < -0.39 is 21.9 Å². The van der Waals surface area contributed by atoms with E-state index in [4.69, 9.17) is 5.26 Å². The number of carbonyl (C=O) groups excluding carboxylic acids is 2. The average molecular weight is 546 g/mol. The number of hydrogen-bond acceptors (Lipinski definition) is 5. The van der Waals surface area contributed by atoms with Crippen molar-refractivity contribution in [2.45, 2.75) is 38.9 Å². The van der Waals surface area contributed by atoms with Crippen molar-refractivity contribution < 1.29 is 32.6 Å². The zero-order chi connectivity index (χ0) is 27.2. The Kier molecular flexibility index (Phi) is 9.55. The molecule has 1 unspecified atom stereocenters. The van der Waals surface area contributed by atoms with Gasteiger partial charge in [-0.25, -0.2) is 0 Å². The second-order valence-electron chi connectivity index (χ2n) is 9.61. The van der Waals surface area contributed by atoms with Gasteiger partial charge in [0.2, 0.25) is 12.3 Å². The quantitative estimate of drug-likeness (QED) is 0.552. The lowest BCUT2D eigenvalue weighted by Gasteiger charge is -2.42. The predicted octanol–water partition coefficient (Wildman–Crippen LogP) is 2.46. The molecule has 3 fully saturated rings. The number of nitrogens with one attached hydrogen (secondary N) is 1. The number of hydrogen-bond donors (Lipinski definition) is 1. The molecule has 0 aliphatic carbocycles. The molecular formula is C24H34F3N5O4S. The minimum atomic E-state index is -4.31. The first kappa shape index (κ1) is 28.9. The number of likely N-dealkylation sites (tertiary alicyclic amines) is 1. The van der Waals surface area contributed by atoms with Crippen LogP contribution < -0.4 is 5.32 Å². The summed E-state index contributed by atoms with van der Waals surface area (Å²) in [6.07, 6.45) is -1.02. The zero-order valence-corrected chi connectivity index (χ0v) is 21.5. The van der Waals surface area contributed by atoms with Crippen LogP contribution in [0.25, 0.3) is 0 Å². The topological polar surface area (TPSA) is 114 Å². The normalized spacial score (nSPS) is 23.4. The van der Waals surface area contributed by atoms with Crippen LogP contribution in [-0.4, -0.2) is 73.5 Å². The van der Waals surface area contributed by atoms with Crippen molar-refractivity contribution in [1.82, 2.24) is 18.8 Å². The highest BCUT2D eigenvalue weighted by Gasteiger charge is 2.44. The molecule has 13 heteroatoms. The van der Waals surface area contributed by atoms with Crippen LogP contribution >= 0.6 is 0 Å². The average Bonchev–Trinajstić information content (AvgIpc) is 3.37. The first-order chi connectivity index (χ1) is 17.5. The van der Waals surface area contributed by atoms with Crippen LogP contribution in [0.15, 0.2) is 24.3 Å². The molecule has 0 bridgehead atoms. The molecule has 4 rings (SSSR count). The molecule has 37 heavy (non-hydrogen) atoms. The molecule has 1 aromatic rings. The number of benzene rings is 1. The number of nitriles is 1. The number of halogens is 3. The molecule has 0 aromatic heterocycles. The number of alkyl halides is 3. The summed E-state index contributed by atoms with van der Waals surface area (Å²) < 4.78 is 64.4. The fraction of sp³-hybridized carbons (Fsp3) is 0.625. The number of amides is 2. The third-order valence-corrected chi connectivity index (χ3v) is 8.94. The van der Waals surface area contributed by atoms with Gasteiger partial charge in [0.1, 0.15) is 0 Å². The van der Waals surface area contributed by atoms with Gasteiger partial charge in [0.15, 0.2) is 0 Å². The Morgan fingerprint density at radius 1 is 1.14 bits per heavy atom. The summed E-state index contributed by atoms with van der Waals surface area (Å²) in [7, 11) is -3.54. The number of piperidine rings is 1. The van der Waals surface area contributed by atoms with E-state index >= 15 is 0 Å². The van der Waals surface area contributed by atoms with Gasteiger partial charge < -0.3 is 10.2 Å². The van der Waals surface area contributed by atoms with E-state index in [0.29, 0.717) is 24.9 Å². The standard InChI is InChI=1S/C15H24N4O3S.C9H8F3NO.H2/c1-12-4-7-18(23(21,22)19-9-13(8-16)10-19)11-14(12)15(20)17-5-2-3-6-17;10-9(11,12)8-3-1-7(2-4-8)5-13-6-14;/h12-14H,2-7,9-11H2,1H3;1-4,6H,5H2,(H,13,14);1H/t12?,14-;;/m1../s1. The third kappa shape index (κ3) is 7.21. The van der Waals surface area contributed by atoms with Gasteiger partial charge in [-0.3, -0.25) is 9.59 Å². The number of rotatable bonds is 6. The summed E-state index contributed by atoms with van der Waals surface area (Å²) in [5.41, 5.74) is -0.0579. The van der Waals surface area contributed by atoms with Gasteiger partial charge in [0.05, 0.1) is 23.5 Å². The van der Waals surface area contributed by atoms with E-state index in [9.17, 15) is 31.2 Å². The molecule has 1 aromatic carbocycles. The van der Waals surface area contributed by atoms with Crippen LogP contribution in [0.5, 0.6) is 0 Å². The Morgan fingerprint density at radius 2 is 1.76 bits per heavy atom. The van der Waals surface area contributed by atoms with Crippen molar-refractivity contribution in [3.8, 4) is 6.07 Å². The molecule has 3 heterocycles. The number of nitrogens with zero attached hydrogens (tertiary/aromatic N) is 4. The molecular weight excluding hydrogens is 511 g/mol. The highest BCUT2D eigenvalue weighted by molar-refractivity contribution is 7.86. The fourth-order valence-corrected chi connectivity index (χ4v) is 6.33. The van der Waals surface area contributed by atoms with Crippen LogP contribution in [0.2, 0.25) is 0 Å². The molecule has 0 spiro atoms. The van der Waals surface area contributed by atoms with E-state index in [1.165, 1.54) is 20.7 Å². The van der Waals surface area contributed by atoms with Gasteiger partial charge in [-0.05, 0) is 42.9 Å². The molecule has 206 valence electrons. The van der Waals surface area contributed by atoms with Crippen LogP contribution in [0, 0.1) is 29.1 Å². The molecule has 1 N–H and O–H groups in total. The third-order valence-electron chi connectivity index (χ3n) is 7.01. The SMILES string of the molecule is CC1CCN(S(=O)(=O)N2CC(C#N)C2)C[C@H]1C(=O)N1CCCC1.O=CNCc1ccc(C(F)(F)F)cc1.[HH]. The zero-order valence-electron chi connectivity index (χ0n) is 20.7. The van der Waals surface area contributed by atoms with Crippen molar-refractivity contribution in [1.29, 1.82) is 5.26 Å². The van der Waals surface area contributed by atoms with Crippen molar-refractivity contribution in [2.75, 3.05) is 39.3 Å². The summed E-state index contributed by atoms with van der Waals surface area (Å²) in [6.45, 7) is 5.15. The summed E-state index contributed by atoms with van der Waals surface area (Å²) in [4.78, 5) is 24.5. The summed E-state index contributed by atoms with van der Waals surface area (Å²) in [5, 5.41) is 11.2. The Labute approximate surface area is 216 Å². The largest absolute Gasteiger partial charge is 0.416 e. The predicted molar refractivity (Wildman–Crippen MR) is 131 cm³/mol. The van der Waals surface area contributed by atoms with Gasteiger partial charge in [-0.2, -0.15) is 35.5 Å². The minimum absolute atomic E-state index is 0. The first-order valence-corrected chi connectivity index (χ1v) is 13.6. The molecule has 9 nitrogen and oxygen atoms in total. The summed E-state index contributed by atoms with van der Waals surface area (Å²) in [5.74, 6) is -0.133. The lowest BCUT2D eigenvalue weighted by atomic mass is 9.87. The van der Waals surface area contributed by atoms with Crippen molar-refractivity contribution in [3.63, 3.8) is 0 Å². The van der Waals surface area contributed by atoms with Gasteiger partial charge in [0, 0.05) is 47.2 Å². The van der Waals surface area contributed by atoms with Gasteiger partial charge in [-0.15, -0.1) is 0 Å². The molecule has 2 atom stereocenters. The van der Waals surface area contributed by atoms with Crippen LogP contribution in [0.1, 0.15) is 38.7 Å². The summed E-state index contributed by atoms with van der Waals surface area (Å²) in [6, 6.07) is 6.73. The lowest BCUT2D eigenvalue weighted by Crippen LogP contribution is -2.58. The molecule has 0 saturated carbocycles. The highest BCUT2D eigenvalue weighted by Crippen LogP contribution is 2.31. The van der Waals surface area contributed by atoms with E-state index in [0.717, 1.165) is 38.1 Å². The molecule has 0 radical (unpaired) electrons. The smallest absolute Gasteiger partial charge is 0.355 e. The van der Waals surface area contributed by atoms with Crippen LogP contribution in [-0.2, 0) is 32.5 Å². The van der Waals surface area contributed by atoms with E-state index in [1.54, 1.807) is 0 Å². The lowest BCUT2D eigenvalue weighted by molar-refractivity contribution is -0.138. The monoisotopic (exact) mass is 545 g/mol. The van der Waals surface area contributed by atoms with E-state index in [-0.39, 0.29) is 51.3 Å². The molecule has 3 aliphatic heterocycles. The Balaban J connectivity index is 0.000000292. The van der Waals surface area contributed by atoms with E-state index in [2.05, 4.69) is 11.4 Å². The van der Waals surface area contributed by atoms with Gasteiger partial charge in [0.25, 0.3) is 10.2 Å². The Bertz CT molecular complexity index is 1090. The highest BCUT2D eigenvalue weighted by atomic mass is 32.2. The maximum atomic E-state index is 12.7. The van der Waals surface area contributed by atoms with Crippen LogP contribution in [0.4, 0.5) is 13.2 Å². The van der Waals surface area contributed by atoms with Gasteiger partial charge >= 0.3 is 6.18 Å². The second-order valence-corrected chi connectivity index (χ2v) is 11.5. The van der Waals surface area contributed by atoms with Crippen molar-refractivity contribution in [3.05, 3.63) is 35.4 Å². The second kappa shape index (κ2) is 12.2. The minimum Gasteiger partial charge on any atom is -0.355 e. The molecule has 3 saturated heterocycles. The van der Waals surface area contributed by atoms with Crippen molar-refractivity contribution in [2.24, 2.45) is 17.8 Å².